The lowest BCUT2D eigenvalue weighted by atomic mass is 10.1. The number of nitrogens with zero attached hydrogens (tertiary/aromatic N) is 1. The molecule has 0 atom stereocenters. The summed E-state index contributed by atoms with van der Waals surface area (Å²) in [4.78, 5) is 13.3. The second-order valence-electron chi connectivity index (χ2n) is 4.93. The van der Waals surface area contributed by atoms with Crippen LogP contribution in [0.1, 0.15) is 36.5 Å². The molecule has 0 saturated heterocycles. The SMILES string of the molecule is CCCN(CC1CC1)c1cccc(C(=O)O)c1N. The normalized spacial score (nSPS) is 14.5. The van der Waals surface area contributed by atoms with Crippen molar-refractivity contribution in [2.75, 3.05) is 23.7 Å². The maximum absolute atomic E-state index is 11.1. The number of aromatic carboxylic acids is 1. The number of hydrogen-bond acceptors (Lipinski definition) is 3. The molecule has 0 heterocycles. The summed E-state index contributed by atoms with van der Waals surface area (Å²) in [6, 6.07) is 5.24. The van der Waals surface area contributed by atoms with E-state index < -0.39 is 5.97 Å². The number of nitrogens with two attached hydrogens (primary N) is 1. The zero-order chi connectivity index (χ0) is 13.1. The third kappa shape index (κ3) is 2.75. The maximum Gasteiger partial charge on any atom is 0.337 e. The molecule has 0 unspecified atom stereocenters. The largest absolute Gasteiger partial charge is 0.478 e. The maximum atomic E-state index is 11.1. The lowest BCUT2D eigenvalue weighted by Gasteiger charge is -2.26. The Hall–Kier alpha value is -1.71. The first kappa shape index (κ1) is 12.7. The molecule has 1 aliphatic carbocycles. The Balaban J connectivity index is 2.27. The Morgan fingerprint density at radius 3 is 2.78 bits per heavy atom. The zero-order valence-corrected chi connectivity index (χ0v) is 10.7. The van der Waals surface area contributed by atoms with Gasteiger partial charge in [-0.05, 0) is 37.3 Å². The van der Waals surface area contributed by atoms with Crippen LogP contribution < -0.4 is 10.6 Å². The molecule has 1 fully saturated rings. The number of nitrogen functional groups attached to an aromatic ring is 1. The highest BCUT2D eigenvalue weighted by atomic mass is 16.4. The molecule has 1 aromatic rings. The summed E-state index contributed by atoms with van der Waals surface area (Å²) in [6.07, 6.45) is 3.58. The molecule has 1 aliphatic rings. The van der Waals surface area contributed by atoms with Gasteiger partial charge < -0.3 is 15.7 Å². The summed E-state index contributed by atoms with van der Waals surface area (Å²) in [5, 5.41) is 9.10. The van der Waals surface area contributed by atoms with E-state index in [0.29, 0.717) is 5.69 Å². The average molecular weight is 248 g/mol. The quantitative estimate of drug-likeness (QED) is 0.759. The van der Waals surface area contributed by atoms with Gasteiger partial charge in [0.1, 0.15) is 0 Å². The van der Waals surface area contributed by atoms with Crippen molar-refractivity contribution in [2.45, 2.75) is 26.2 Å². The fourth-order valence-corrected chi connectivity index (χ4v) is 2.21. The molecule has 18 heavy (non-hydrogen) atoms. The molecule has 0 radical (unpaired) electrons. The summed E-state index contributed by atoms with van der Waals surface area (Å²) in [5.41, 5.74) is 7.44. The first-order valence-corrected chi connectivity index (χ1v) is 6.50. The molecule has 0 amide bonds. The van der Waals surface area contributed by atoms with Gasteiger partial charge in [0.25, 0.3) is 0 Å². The number of rotatable bonds is 6. The van der Waals surface area contributed by atoms with Gasteiger partial charge in [0.2, 0.25) is 0 Å². The highest BCUT2D eigenvalue weighted by molar-refractivity contribution is 5.97. The van der Waals surface area contributed by atoms with Crippen LogP contribution in [0.15, 0.2) is 18.2 Å². The predicted molar refractivity (Wildman–Crippen MR) is 73.0 cm³/mol. The second kappa shape index (κ2) is 5.29. The molecular weight excluding hydrogens is 228 g/mol. The average Bonchev–Trinajstić information content (AvgIpc) is 3.12. The molecule has 98 valence electrons. The van der Waals surface area contributed by atoms with Crippen LogP contribution >= 0.6 is 0 Å². The van der Waals surface area contributed by atoms with E-state index in [9.17, 15) is 4.79 Å². The number of carboxylic acid groups (broad SMARTS) is 1. The van der Waals surface area contributed by atoms with Crippen molar-refractivity contribution in [2.24, 2.45) is 5.92 Å². The highest BCUT2D eigenvalue weighted by Gasteiger charge is 2.25. The molecule has 2 rings (SSSR count). The van der Waals surface area contributed by atoms with Gasteiger partial charge in [0.15, 0.2) is 0 Å². The minimum absolute atomic E-state index is 0.199. The van der Waals surface area contributed by atoms with Crippen LogP contribution in [0.4, 0.5) is 11.4 Å². The van der Waals surface area contributed by atoms with E-state index >= 15 is 0 Å². The third-order valence-corrected chi connectivity index (χ3v) is 3.32. The van der Waals surface area contributed by atoms with Crippen LogP contribution in [-0.4, -0.2) is 24.2 Å². The number of para-hydroxylation sites is 1. The van der Waals surface area contributed by atoms with Crippen LogP contribution in [0.25, 0.3) is 0 Å². The standard InChI is InChI=1S/C14H20N2O2/c1-2-8-16(9-10-6-7-10)12-5-3-4-11(13(12)15)14(17)18/h3-5,10H,2,6-9,15H2,1H3,(H,17,18). The van der Waals surface area contributed by atoms with E-state index in [1.807, 2.05) is 6.07 Å². The van der Waals surface area contributed by atoms with Crippen molar-refractivity contribution in [3.63, 3.8) is 0 Å². The molecular formula is C14H20N2O2. The Bertz CT molecular complexity index is 441. The number of carbonyl (C=O) groups is 1. The van der Waals surface area contributed by atoms with Crippen LogP contribution in [0.5, 0.6) is 0 Å². The van der Waals surface area contributed by atoms with E-state index in [1.165, 1.54) is 12.8 Å². The summed E-state index contributed by atoms with van der Waals surface area (Å²) in [7, 11) is 0. The van der Waals surface area contributed by atoms with Gasteiger partial charge >= 0.3 is 5.97 Å². The molecule has 4 nitrogen and oxygen atoms in total. The molecule has 0 spiro atoms. The van der Waals surface area contributed by atoms with E-state index in [2.05, 4.69) is 11.8 Å². The summed E-state index contributed by atoms with van der Waals surface area (Å²) in [5.74, 6) is -0.207. The molecule has 1 aromatic carbocycles. The van der Waals surface area contributed by atoms with Gasteiger partial charge in [0, 0.05) is 13.1 Å². The minimum Gasteiger partial charge on any atom is -0.478 e. The Morgan fingerprint density at radius 1 is 1.50 bits per heavy atom. The topological polar surface area (TPSA) is 66.6 Å². The molecule has 0 aliphatic heterocycles. The second-order valence-corrected chi connectivity index (χ2v) is 4.93. The lowest BCUT2D eigenvalue weighted by molar-refractivity contribution is 0.0698. The Labute approximate surface area is 107 Å². The lowest BCUT2D eigenvalue weighted by Crippen LogP contribution is -2.27. The van der Waals surface area contributed by atoms with Crippen LogP contribution in [-0.2, 0) is 0 Å². The van der Waals surface area contributed by atoms with Gasteiger partial charge in [-0.2, -0.15) is 0 Å². The summed E-state index contributed by atoms with van der Waals surface area (Å²) < 4.78 is 0. The molecule has 3 N–H and O–H groups in total. The van der Waals surface area contributed by atoms with E-state index in [1.54, 1.807) is 12.1 Å². The van der Waals surface area contributed by atoms with Crippen molar-refractivity contribution < 1.29 is 9.90 Å². The number of carboxylic acids is 1. The predicted octanol–water partition coefficient (Wildman–Crippen LogP) is 2.59. The van der Waals surface area contributed by atoms with Gasteiger partial charge in [0.05, 0.1) is 16.9 Å². The van der Waals surface area contributed by atoms with Crippen molar-refractivity contribution in [3.05, 3.63) is 23.8 Å². The Morgan fingerprint density at radius 2 is 2.22 bits per heavy atom. The summed E-state index contributed by atoms with van der Waals surface area (Å²) >= 11 is 0. The smallest absolute Gasteiger partial charge is 0.337 e. The molecule has 0 bridgehead atoms. The first-order chi connectivity index (χ1) is 8.63. The molecule has 4 heteroatoms. The minimum atomic E-state index is -0.961. The van der Waals surface area contributed by atoms with Crippen LogP contribution in [0, 0.1) is 5.92 Å². The number of benzene rings is 1. The first-order valence-electron chi connectivity index (χ1n) is 6.50. The van der Waals surface area contributed by atoms with Gasteiger partial charge in [-0.25, -0.2) is 4.79 Å². The monoisotopic (exact) mass is 248 g/mol. The van der Waals surface area contributed by atoms with Crippen molar-refractivity contribution >= 4 is 17.3 Å². The zero-order valence-electron chi connectivity index (χ0n) is 10.7. The van der Waals surface area contributed by atoms with Crippen LogP contribution in [0.3, 0.4) is 0 Å². The van der Waals surface area contributed by atoms with Crippen molar-refractivity contribution in [1.82, 2.24) is 0 Å². The fourth-order valence-electron chi connectivity index (χ4n) is 2.21. The van der Waals surface area contributed by atoms with E-state index in [4.69, 9.17) is 10.8 Å². The van der Waals surface area contributed by atoms with Crippen molar-refractivity contribution in [3.8, 4) is 0 Å². The molecule has 0 aromatic heterocycles. The van der Waals surface area contributed by atoms with E-state index in [0.717, 1.165) is 31.1 Å². The third-order valence-electron chi connectivity index (χ3n) is 3.32. The summed E-state index contributed by atoms with van der Waals surface area (Å²) in [6.45, 7) is 4.03. The van der Waals surface area contributed by atoms with Gasteiger partial charge in [-0.15, -0.1) is 0 Å². The number of hydrogen-bond donors (Lipinski definition) is 2. The van der Waals surface area contributed by atoms with Gasteiger partial charge in [-0.3, -0.25) is 0 Å². The van der Waals surface area contributed by atoms with Crippen molar-refractivity contribution in [1.29, 1.82) is 0 Å². The molecule has 1 saturated carbocycles. The Kier molecular flexibility index (Phi) is 3.75. The van der Waals surface area contributed by atoms with Gasteiger partial charge in [-0.1, -0.05) is 13.0 Å². The number of anilines is 2. The fraction of sp³-hybridized carbons (Fsp3) is 0.500. The van der Waals surface area contributed by atoms with E-state index in [-0.39, 0.29) is 5.56 Å². The van der Waals surface area contributed by atoms with Crippen LogP contribution in [0.2, 0.25) is 0 Å². The highest BCUT2D eigenvalue weighted by Crippen LogP contribution is 2.34.